The summed E-state index contributed by atoms with van der Waals surface area (Å²) in [5.41, 5.74) is 0. The summed E-state index contributed by atoms with van der Waals surface area (Å²) in [5.74, 6) is -2.02. The normalized spacial score (nSPS) is 14.6. The van der Waals surface area contributed by atoms with E-state index >= 15 is 0 Å². The van der Waals surface area contributed by atoms with Crippen molar-refractivity contribution in [2.75, 3.05) is 17.8 Å². The fourth-order valence-corrected chi connectivity index (χ4v) is 2.35. The largest absolute Gasteiger partial charge is 0.480 e. The van der Waals surface area contributed by atoms with Crippen LogP contribution in [-0.4, -0.2) is 51.7 Å². The highest BCUT2D eigenvalue weighted by Crippen LogP contribution is 1.99. The van der Waals surface area contributed by atoms with Crippen molar-refractivity contribution >= 4 is 25.8 Å². The SMILES string of the molecule is CCS(=O)(=O)NC(CCS(C)(=O)=O)C(=O)O. The van der Waals surface area contributed by atoms with Gasteiger partial charge in [-0.05, 0) is 13.3 Å². The summed E-state index contributed by atoms with van der Waals surface area (Å²) < 4.78 is 45.8. The number of nitrogens with one attached hydrogen (secondary N) is 1. The molecule has 9 heteroatoms. The molecule has 0 aromatic carbocycles. The summed E-state index contributed by atoms with van der Waals surface area (Å²) in [6, 6.07) is -1.40. The average molecular weight is 273 g/mol. The van der Waals surface area contributed by atoms with Gasteiger partial charge < -0.3 is 5.11 Å². The highest BCUT2D eigenvalue weighted by molar-refractivity contribution is 7.90. The second kappa shape index (κ2) is 5.60. The minimum atomic E-state index is -3.66. The Balaban J connectivity index is 4.60. The molecule has 0 aliphatic carbocycles. The molecule has 0 rings (SSSR count). The van der Waals surface area contributed by atoms with Crippen molar-refractivity contribution in [2.24, 2.45) is 0 Å². The van der Waals surface area contributed by atoms with E-state index in [-0.39, 0.29) is 17.9 Å². The molecule has 16 heavy (non-hydrogen) atoms. The van der Waals surface area contributed by atoms with Crippen molar-refractivity contribution < 1.29 is 26.7 Å². The first-order valence-corrected chi connectivity index (χ1v) is 8.19. The van der Waals surface area contributed by atoms with Crippen molar-refractivity contribution in [1.29, 1.82) is 0 Å². The fourth-order valence-electron chi connectivity index (χ4n) is 0.865. The lowest BCUT2D eigenvalue weighted by Crippen LogP contribution is -2.42. The van der Waals surface area contributed by atoms with E-state index in [1.54, 1.807) is 0 Å². The maximum absolute atomic E-state index is 11.1. The van der Waals surface area contributed by atoms with E-state index in [1.807, 2.05) is 4.72 Å². The van der Waals surface area contributed by atoms with Crippen molar-refractivity contribution in [2.45, 2.75) is 19.4 Å². The highest BCUT2D eigenvalue weighted by Gasteiger charge is 2.23. The minimum Gasteiger partial charge on any atom is -0.480 e. The number of carboxylic acid groups (broad SMARTS) is 1. The van der Waals surface area contributed by atoms with Gasteiger partial charge in [-0.15, -0.1) is 0 Å². The summed E-state index contributed by atoms with van der Waals surface area (Å²) in [6.07, 6.45) is 0.674. The Morgan fingerprint density at radius 1 is 1.31 bits per heavy atom. The van der Waals surface area contributed by atoms with E-state index in [4.69, 9.17) is 5.11 Å². The van der Waals surface area contributed by atoms with Gasteiger partial charge in [-0.2, -0.15) is 0 Å². The van der Waals surface area contributed by atoms with Gasteiger partial charge in [-0.3, -0.25) is 4.79 Å². The molecule has 96 valence electrons. The maximum atomic E-state index is 11.1. The van der Waals surface area contributed by atoms with Crippen LogP contribution in [0.2, 0.25) is 0 Å². The van der Waals surface area contributed by atoms with Gasteiger partial charge in [0.1, 0.15) is 15.9 Å². The maximum Gasteiger partial charge on any atom is 0.321 e. The zero-order chi connectivity index (χ0) is 13.0. The smallest absolute Gasteiger partial charge is 0.321 e. The van der Waals surface area contributed by atoms with E-state index in [0.29, 0.717) is 0 Å². The van der Waals surface area contributed by atoms with Crippen LogP contribution in [0.25, 0.3) is 0 Å². The predicted molar refractivity (Wildman–Crippen MR) is 58.3 cm³/mol. The molecular weight excluding hydrogens is 258 g/mol. The molecule has 0 aromatic rings. The minimum absolute atomic E-state index is 0.254. The molecule has 0 aromatic heterocycles. The van der Waals surface area contributed by atoms with E-state index in [2.05, 4.69) is 0 Å². The Morgan fingerprint density at radius 3 is 2.12 bits per heavy atom. The molecule has 1 unspecified atom stereocenters. The Labute approximate surface area is 94.8 Å². The first-order valence-electron chi connectivity index (χ1n) is 4.48. The van der Waals surface area contributed by atoms with Crippen LogP contribution in [0.15, 0.2) is 0 Å². The lowest BCUT2D eigenvalue weighted by Gasteiger charge is -2.13. The molecule has 0 heterocycles. The molecule has 0 amide bonds. The number of carbonyl (C=O) groups is 1. The quantitative estimate of drug-likeness (QED) is 0.602. The summed E-state index contributed by atoms with van der Waals surface area (Å²) in [7, 11) is -6.97. The lowest BCUT2D eigenvalue weighted by atomic mass is 10.2. The van der Waals surface area contributed by atoms with Gasteiger partial charge in [0.05, 0.1) is 11.5 Å². The Kier molecular flexibility index (Phi) is 5.36. The molecule has 0 saturated carbocycles. The number of aliphatic carboxylic acids is 1. The second-order valence-corrected chi connectivity index (χ2v) is 7.63. The van der Waals surface area contributed by atoms with Crippen LogP contribution in [0.4, 0.5) is 0 Å². The van der Waals surface area contributed by atoms with Crippen molar-refractivity contribution in [1.82, 2.24) is 4.72 Å². The zero-order valence-corrected chi connectivity index (χ0v) is 10.6. The molecule has 7 nitrogen and oxygen atoms in total. The van der Waals surface area contributed by atoms with Crippen molar-refractivity contribution in [3.8, 4) is 0 Å². The molecule has 0 bridgehead atoms. The molecule has 0 saturated heterocycles. The third-order valence-electron chi connectivity index (χ3n) is 1.78. The van der Waals surface area contributed by atoms with E-state index in [0.717, 1.165) is 6.26 Å². The van der Waals surface area contributed by atoms with E-state index in [1.165, 1.54) is 6.92 Å². The number of carboxylic acids is 1. The van der Waals surface area contributed by atoms with Gasteiger partial charge in [0, 0.05) is 6.26 Å². The molecule has 0 fully saturated rings. The van der Waals surface area contributed by atoms with Crippen LogP contribution in [0.5, 0.6) is 0 Å². The van der Waals surface area contributed by atoms with E-state index < -0.39 is 31.9 Å². The number of hydrogen-bond donors (Lipinski definition) is 2. The predicted octanol–water partition coefficient (Wildman–Crippen LogP) is -1.19. The summed E-state index contributed by atoms with van der Waals surface area (Å²) in [4.78, 5) is 10.7. The molecule has 0 aliphatic heterocycles. The van der Waals surface area contributed by atoms with Crippen LogP contribution >= 0.6 is 0 Å². The van der Waals surface area contributed by atoms with Crippen LogP contribution in [0.3, 0.4) is 0 Å². The van der Waals surface area contributed by atoms with Crippen LogP contribution in [-0.2, 0) is 24.7 Å². The summed E-state index contributed by atoms with van der Waals surface area (Å²) in [6.45, 7) is 1.36. The third kappa shape index (κ3) is 6.75. The molecule has 2 N–H and O–H groups in total. The average Bonchev–Trinajstić information content (AvgIpc) is 2.10. The highest BCUT2D eigenvalue weighted by atomic mass is 32.2. The molecule has 1 atom stereocenters. The Bertz CT molecular complexity index is 437. The molecular formula is C7H15NO6S2. The van der Waals surface area contributed by atoms with Gasteiger partial charge in [-0.25, -0.2) is 21.6 Å². The standard InChI is InChI=1S/C7H15NO6S2/c1-3-16(13,14)8-6(7(9)10)4-5-15(2,11)12/h6,8H,3-5H2,1-2H3,(H,9,10). The second-order valence-electron chi connectivity index (χ2n) is 3.33. The number of sulfonamides is 1. The first-order chi connectivity index (χ1) is 7.07. The van der Waals surface area contributed by atoms with Gasteiger partial charge in [-0.1, -0.05) is 0 Å². The monoisotopic (exact) mass is 273 g/mol. The Hall–Kier alpha value is -0.670. The van der Waals surface area contributed by atoms with E-state index in [9.17, 15) is 21.6 Å². The number of hydrogen-bond acceptors (Lipinski definition) is 5. The van der Waals surface area contributed by atoms with Gasteiger partial charge in [0.15, 0.2) is 0 Å². The summed E-state index contributed by atoms with van der Waals surface area (Å²) in [5, 5.41) is 8.71. The van der Waals surface area contributed by atoms with Crippen molar-refractivity contribution in [3.63, 3.8) is 0 Å². The summed E-state index contributed by atoms with van der Waals surface area (Å²) >= 11 is 0. The van der Waals surface area contributed by atoms with Gasteiger partial charge >= 0.3 is 5.97 Å². The van der Waals surface area contributed by atoms with Crippen LogP contribution < -0.4 is 4.72 Å². The Morgan fingerprint density at radius 2 is 1.81 bits per heavy atom. The van der Waals surface area contributed by atoms with Crippen LogP contribution in [0, 0.1) is 0 Å². The molecule has 0 spiro atoms. The molecule has 0 aliphatic rings. The fraction of sp³-hybridized carbons (Fsp3) is 0.857. The van der Waals surface area contributed by atoms with Gasteiger partial charge in [0.2, 0.25) is 10.0 Å². The van der Waals surface area contributed by atoms with Crippen molar-refractivity contribution in [3.05, 3.63) is 0 Å². The van der Waals surface area contributed by atoms with Crippen LogP contribution in [0.1, 0.15) is 13.3 Å². The lowest BCUT2D eigenvalue weighted by molar-refractivity contribution is -0.139. The topological polar surface area (TPSA) is 118 Å². The number of rotatable bonds is 7. The molecule has 0 radical (unpaired) electrons. The number of sulfone groups is 1. The first kappa shape index (κ1) is 15.3. The third-order valence-corrected chi connectivity index (χ3v) is 4.16. The zero-order valence-electron chi connectivity index (χ0n) is 9.00. The van der Waals surface area contributed by atoms with Gasteiger partial charge in [0.25, 0.3) is 0 Å².